The van der Waals surface area contributed by atoms with E-state index in [1.54, 1.807) is 24.4 Å². The minimum Gasteiger partial charge on any atom is -0.460 e. The van der Waals surface area contributed by atoms with Crippen LogP contribution in [0.1, 0.15) is 25.0 Å². The molecule has 2 heterocycles. The third kappa shape index (κ3) is 5.43. The van der Waals surface area contributed by atoms with E-state index in [0.717, 1.165) is 24.5 Å². The summed E-state index contributed by atoms with van der Waals surface area (Å²) in [5.74, 6) is -0.341. The number of piperazine rings is 1. The molecule has 1 aliphatic rings. The fraction of sp³-hybridized carbons (Fsp3) is 0.381. The summed E-state index contributed by atoms with van der Waals surface area (Å²) in [4.78, 5) is 20.2. The Bertz CT molecular complexity index is 866. The summed E-state index contributed by atoms with van der Waals surface area (Å²) in [6, 6.07) is 9.03. The summed E-state index contributed by atoms with van der Waals surface area (Å²) in [5, 5.41) is 7.10. The lowest BCUT2D eigenvalue weighted by Crippen LogP contribution is -2.47. The molecule has 0 unspecified atom stereocenters. The van der Waals surface area contributed by atoms with Gasteiger partial charge in [-0.3, -0.25) is 10.2 Å². The minimum atomic E-state index is -0.642. The van der Waals surface area contributed by atoms with Gasteiger partial charge in [-0.25, -0.2) is 9.37 Å². The highest BCUT2D eigenvalue weighted by molar-refractivity contribution is 5.94. The molecule has 8 heteroatoms. The maximum absolute atomic E-state index is 14.9. The smallest absolute Gasteiger partial charge is 0.313 e. The fourth-order valence-electron chi connectivity index (χ4n) is 3.25. The second kappa shape index (κ2) is 9.86. The van der Waals surface area contributed by atoms with E-state index in [9.17, 15) is 9.18 Å². The molecule has 0 amide bonds. The van der Waals surface area contributed by atoms with Gasteiger partial charge >= 0.3 is 5.97 Å². The van der Waals surface area contributed by atoms with Crippen LogP contribution in [0.3, 0.4) is 0 Å². The first-order valence-corrected chi connectivity index (χ1v) is 9.13. The highest BCUT2D eigenvalue weighted by atomic mass is 19.1. The molecule has 29 heavy (non-hydrogen) atoms. The average molecular weight is 401 g/mol. The Kier molecular flexibility index (Phi) is 7.52. The van der Waals surface area contributed by atoms with Gasteiger partial charge in [-0.05, 0) is 24.6 Å². The van der Waals surface area contributed by atoms with Crippen LogP contribution in [-0.2, 0) is 16.1 Å². The summed E-state index contributed by atoms with van der Waals surface area (Å²) in [6.07, 6.45) is 1.49. The number of rotatable bonds is 6. The molecule has 1 aromatic heterocycles. The number of nitrogens with zero attached hydrogens (tertiary/aromatic N) is 3. The molecule has 156 valence electrons. The van der Waals surface area contributed by atoms with Crippen LogP contribution in [0, 0.1) is 18.2 Å². The molecule has 0 aliphatic carbocycles. The van der Waals surface area contributed by atoms with Gasteiger partial charge in [0.25, 0.3) is 0 Å². The first-order chi connectivity index (χ1) is 13.5. The summed E-state index contributed by atoms with van der Waals surface area (Å²) < 4.78 is 19.9. The number of esters is 1. The number of halogens is 1. The standard InChI is InChI=1S/C20H24FN5O2.CH4/c1-14-4-3-7-24-20(14)26-10-8-25(9-11-26)16-6-2-5-15(19(16)21)13-28-18(27)12-17(22)23;/h2-7H,8-13H2,1H3,(H3,22,23);1H4. The van der Waals surface area contributed by atoms with Gasteiger partial charge in [-0.1, -0.05) is 25.6 Å². The highest BCUT2D eigenvalue weighted by Gasteiger charge is 2.22. The molecule has 7 nitrogen and oxygen atoms in total. The molecule has 3 rings (SSSR count). The molecular weight excluding hydrogens is 373 g/mol. The quantitative estimate of drug-likeness (QED) is 0.439. The van der Waals surface area contributed by atoms with Crippen LogP contribution < -0.4 is 15.5 Å². The number of hydrogen-bond acceptors (Lipinski definition) is 6. The SMILES string of the molecule is C.Cc1cccnc1N1CCN(c2cccc(COC(=O)CC(=N)N)c2F)CC1. The van der Waals surface area contributed by atoms with Crippen molar-refractivity contribution in [2.24, 2.45) is 5.73 Å². The molecule has 1 saturated heterocycles. The maximum Gasteiger partial charge on any atom is 0.313 e. The summed E-state index contributed by atoms with van der Waals surface area (Å²) in [5.41, 5.74) is 7.09. The van der Waals surface area contributed by atoms with Crippen LogP contribution in [0.15, 0.2) is 36.5 Å². The van der Waals surface area contributed by atoms with Crippen molar-refractivity contribution in [2.75, 3.05) is 36.0 Å². The number of aryl methyl sites for hydroxylation is 1. The van der Waals surface area contributed by atoms with Gasteiger partial charge in [-0.15, -0.1) is 0 Å². The lowest BCUT2D eigenvalue weighted by molar-refractivity contribution is -0.143. The van der Waals surface area contributed by atoms with Crippen molar-refractivity contribution in [3.8, 4) is 0 Å². The van der Waals surface area contributed by atoms with Crippen molar-refractivity contribution < 1.29 is 13.9 Å². The zero-order valence-electron chi connectivity index (χ0n) is 15.8. The van der Waals surface area contributed by atoms with E-state index in [-0.39, 0.29) is 32.1 Å². The third-order valence-electron chi connectivity index (χ3n) is 4.68. The molecule has 1 fully saturated rings. The van der Waals surface area contributed by atoms with Crippen molar-refractivity contribution in [1.29, 1.82) is 5.41 Å². The second-order valence-corrected chi connectivity index (χ2v) is 6.73. The van der Waals surface area contributed by atoms with Crippen LogP contribution in [-0.4, -0.2) is 43.0 Å². The molecule has 3 N–H and O–H groups in total. The molecule has 0 spiro atoms. The molecule has 1 aromatic carbocycles. The highest BCUT2D eigenvalue weighted by Crippen LogP contribution is 2.26. The first-order valence-electron chi connectivity index (χ1n) is 9.13. The predicted octanol–water partition coefficient (Wildman–Crippen LogP) is 2.86. The van der Waals surface area contributed by atoms with Crippen molar-refractivity contribution in [2.45, 2.75) is 27.4 Å². The van der Waals surface area contributed by atoms with E-state index in [1.165, 1.54) is 0 Å². The Labute approximate surface area is 170 Å². The van der Waals surface area contributed by atoms with Crippen molar-refractivity contribution in [1.82, 2.24) is 4.98 Å². The van der Waals surface area contributed by atoms with E-state index in [0.29, 0.717) is 24.3 Å². The van der Waals surface area contributed by atoms with Gasteiger partial charge in [0.2, 0.25) is 0 Å². The van der Waals surface area contributed by atoms with Gasteiger partial charge < -0.3 is 20.3 Å². The van der Waals surface area contributed by atoms with Gasteiger partial charge in [0.1, 0.15) is 24.7 Å². The normalized spacial score (nSPS) is 13.6. The Morgan fingerprint density at radius 1 is 1.21 bits per heavy atom. The number of nitrogens with two attached hydrogens (primary N) is 1. The number of carbonyl (C=O) groups is 1. The minimum absolute atomic E-state index is 0. The third-order valence-corrected chi connectivity index (χ3v) is 4.68. The van der Waals surface area contributed by atoms with Crippen molar-refractivity contribution in [3.05, 3.63) is 53.5 Å². The number of amidine groups is 1. The van der Waals surface area contributed by atoms with E-state index in [2.05, 4.69) is 9.88 Å². The number of aromatic nitrogens is 1. The molecule has 0 radical (unpaired) electrons. The first kappa shape index (κ1) is 22.1. The van der Waals surface area contributed by atoms with E-state index in [4.69, 9.17) is 15.9 Å². The van der Waals surface area contributed by atoms with Crippen LogP contribution in [0.25, 0.3) is 0 Å². The average Bonchev–Trinajstić information content (AvgIpc) is 2.67. The molecule has 0 bridgehead atoms. The van der Waals surface area contributed by atoms with Gasteiger partial charge in [0, 0.05) is 37.9 Å². The van der Waals surface area contributed by atoms with E-state index in [1.807, 2.05) is 24.0 Å². The number of hydrogen-bond donors (Lipinski definition) is 2. The molecule has 0 atom stereocenters. The molecular formula is C21H28FN5O2. The monoisotopic (exact) mass is 401 g/mol. The number of anilines is 2. The van der Waals surface area contributed by atoms with Crippen LogP contribution >= 0.6 is 0 Å². The van der Waals surface area contributed by atoms with E-state index < -0.39 is 5.97 Å². The van der Waals surface area contributed by atoms with Crippen LogP contribution in [0.5, 0.6) is 0 Å². The lowest BCUT2D eigenvalue weighted by atomic mass is 10.1. The summed E-state index contributed by atoms with van der Waals surface area (Å²) >= 11 is 0. The van der Waals surface area contributed by atoms with Crippen LogP contribution in [0.4, 0.5) is 15.9 Å². The Balaban J connectivity index is 0.00000300. The zero-order chi connectivity index (χ0) is 20.1. The van der Waals surface area contributed by atoms with Gasteiger partial charge in [0.05, 0.1) is 5.69 Å². The Hall–Kier alpha value is -3.16. The summed E-state index contributed by atoms with van der Waals surface area (Å²) in [6.45, 7) is 4.68. The molecule has 1 aliphatic heterocycles. The second-order valence-electron chi connectivity index (χ2n) is 6.73. The number of benzene rings is 1. The van der Waals surface area contributed by atoms with Gasteiger partial charge in [0.15, 0.2) is 5.82 Å². The summed E-state index contributed by atoms with van der Waals surface area (Å²) in [7, 11) is 0. The number of carbonyl (C=O) groups excluding carboxylic acids is 1. The van der Waals surface area contributed by atoms with Crippen molar-refractivity contribution in [3.63, 3.8) is 0 Å². The van der Waals surface area contributed by atoms with Crippen LogP contribution in [0.2, 0.25) is 0 Å². The number of nitrogens with one attached hydrogen (secondary N) is 1. The molecule has 0 saturated carbocycles. The Morgan fingerprint density at radius 2 is 1.90 bits per heavy atom. The number of ether oxygens (including phenoxy) is 1. The predicted molar refractivity (Wildman–Crippen MR) is 113 cm³/mol. The maximum atomic E-state index is 14.9. The topological polar surface area (TPSA) is 95.5 Å². The fourth-order valence-corrected chi connectivity index (χ4v) is 3.25. The van der Waals surface area contributed by atoms with Gasteiger partial charge in [-0.2, -0.15) is 0 Å². The number of pyridine rings is 1. The molecule has 2 aromatic rings. The zero-order valence-corrected chi connectivity index (χ0v) is 15.8. The Morgan fingerprint density at radius 3 is 2.55 bits per heavy atom. The lowest BCUT2D eigenvalue weighted by Gasteiger charge is -2.37. The van der Waals surface area contributed by atoms with E-state index >= 15 is 0 Å². The van der Waals surface area contributed by atoms with Crippen molar-refractivity contribution >= 4 is 23.3 Å². The largest absolute Gasteiger partial charge is 0.460 e.